The Bertz CT molecular complexity index is 849. The quantitative estimate of drug-likeness (QED) is 0.753. The van der Waals surface area contributed by atoms with Gasteiger partial charge in [0.15, 0.2) is 18.1 Å². The van der Waals surface area contributed by atoms with Gasteiger partial charge in [0, 0.05) is 11.9 Å². The second kappa shape index (κ2) is 8.28. The highest BCUT2D eigenvalue weighted by atomic mass is 19.4. The number of nitrogens with zero attached hydrogens (tertiary/aromatic N) is 1. The molecule has 0 aliphatic heterocycles. The SMILES string of the molecule is COC(=O)C(C)(C)c1ccc(NC(=O)c2ncccc2OCC(F)(F)F)cc1. The maximum Gasteiger partial charge on any atom is 0.422 e. The number of aromatic nitrogens is 1. The monoisotopic (exact) mass is 396 g/mol. The van der Waals surface area contributed by atoms with Gasteiger partial charge in [-0.15, -0.1) is 0 Å². The summed E-state index contributed by atoms with van der Waals surface area (Å²) in [6, 6.07) is 9.02. The van der Waals surface area contributed by atoms with E-state index in [2.05, 4.69) is 15.0 Å². The molecule has 1 aromatic carbocycles. The molecule has 9 heteroatoms. The Morgan fingerprint density at radius 2 is 1.75 bits per heavy atom. The van der Waals surface area contributed by atoms with Crippen LogP contribution < -0.4 is 10.1 Å². The highest BCUT2D eigenvalue weighted by Crippen LogP contribution is 2.26. The lowest BCUT2D eigenvalue weighted by Gasteiger charge is -2.22. The van der Waals surface area contributed by atoms with Crippen LogP contribution in [0, 0.1) is 0 Å². The van der Waals surface area contributed by atoms with Crippen LogP contribution in [-0.4, -0.2) is 36.8 Å². The molecule has 0 unspecified atom stereocenters. The first-order chi connectivity index (χ1) is 13.0. The fourth-order valence-electron chi connectivity index (χ4n) is 2.37. The van der Waals surface area contributed by atoms with Gasteiger partial charge in [0.25, 0.3) is 5.91 Å². The van der Waals surface area contributed by atoms with Crippen molar-refractivity contribution in [1.82, 2.24) is 4.98 Å². The average Bonchev–Trinajstić information content (AvgIpc) is 2.65. The Balaban J connectivity index is 2.15. The number of pyridine rings is 1. The predicted octanol–water partition coefficient (Wildman–Crippen LogP) is 3.73. The van der Waals surface area contributed by atoms with Crippen LogP contribution in [0.4, 0.5) is 18.9 Å². The Labute approximate surface area is 159 Å². The highest BCUT2D eigenvalue weighted by Gasteiger charge is 2.31. The lowest BCUT2D eigenvalue weighted by molar-refractivity contribution is -0.153. The van der Waals surface area contributed by atoms with E-state index in [-0.39, 0.29) is 11.4 Å². The first-order valence-electron chi connectivity index (χ1n) is 8.19. The third-order valence-electron chi connectivity index (χ3n) is 3.94. The minimum atomic E-state index is -4.54. The van der Waals surface area contributed by atoms with Crippen molar-refractivity contribution in [2.24, 2.45) is 0 Å². The van der Waals surface area contributed by atoms with Gasteiger partial charge in [0.1, 0.15) is 0 Å². The number of carbonyl (C=O) groups excluding carboxylic acids is 2. The van der Waals surface area contributed by atoms with Gasteiger partial charge < -0.3 is 14.8 Å². The summed E-state index contributed by atoms with van der Waals surface area (Å²) in [4.78, 5) is 28.0. The normalized spacial score (nSPS) is 11.6. The number of carbonyl (C=O) groups is 2. The van der Waals surface area contributed by atoms with Crippen molar-refractivity contribution in [3.63, 3.8) is 0 Å². The van der Waals surface area contributed by atoms with Gasteiger partial charge in [0.05, 0.1) is 12.5 Å². The van der Waals surface area contributed by atoms with Gasteiger partial charge in [0.2, 0.25) is 0 Å². The summed E-state index contributed by atoms with van der Waals surface area (Å²) in [7, 11) is 1.30. The van der Waals surface area contributed by atoms with Gasteiger partial charge in [-0.05, 0) is 43.7 Å². The molecule has 1 N–H and O–H groups in total. The first-order valence-corrected chi connectivity index (χ1v) is 8.19. The van der Waals surface area contributed by atoms with Crippen molar-refractivity contribution >= 4 is 17.6 Å². The van der Waals surface area contributed by atoms with Crippen LogP contribution in [0.3, 0.4) is 0 Å². The molecule has 0 aliphatic rings. The largest absolute Gasteiger partial charge is 0.482 e. The van der Waals surface area contributed by atoms with E-state index in [1.165, 1.54) is 25.4 Å². The lowest BCUT2D eigenvalue weighted by atomic mass is 9.85. The number of rotatable bonds is 6. The predicted molar refractivity (Wildman–Crippen MR) is 95.2 cm³/mol. The van der Waals surface area contributed by atoms with E-state index in [0.717, 1.165) is 0 Å². The van der Waals surface area contributed by atoms with E-state index in [9.17, 15) is 22.8 Å². The minimum Gasteiger partial charge on any atom is -0.482 e. The first kappa shape index (κ1) is 21.2. The molecule has 1 amide bonds. The Morgan fingerprint density at radius 3 is 2.32 bits per heavy atom. The zero-order chi connectivity index (χ0) is 20.9. The second-order valence-corrected chi connectivity index (χ2v) is 6.40. The summed E-state index contributed by atoms with van der Waals surface area (Å²) in [6.45, 7) is 1.87. The number of methoxy groups -OCH3 is 1. The average molecular weight is 396 g/mol. The summed E-state index contributed by atoms with van der Waals surface area (Å²) in [5, 5.41) is 2.54. The molecular formula is C19H19F3N2O4. The molecule has 28 heavy (non-hydrogen) atoms. The molecule has 0 radical (unpaired) electrons. The van der Waals surface area contributed by atoms with Crippen LogP contribution >= 0.6 is 0 Å². The molecule has 2 rings (SSSR count). The zero-order valence-corrected chi connectivity index (χ0v) is 15.5. The van der Waals surface area contributed by atoms with Crippen LogP contribution in [0.15, 0.2) is 42.6 Å². The fraction of sp³-hybridized carbons (Fsp3) is 0.316. The Kier molecular flexibility index (Phi) is 6.27. The third kappa shape index (κ3) is 5.21. The van der Waals surface area contributed by atoms with Crippen LogP contribution in [0.25, 0.3) is 0 Å². The van der Waals surface area contributed by atoms with E-state index in [1.54, 1.807) is 38.1 Å². The van der Waals surface area contributed by atoms with Crippen molar-refractivity contribution in [3.05, 3.63) is 53.9 Å². The second-order valence-electron chi connectivity index (χ2n) is 6.40. The summed E-state index contributed by atoms with van der Waals surface area (Å²) >= 11 is 0. The van der Waals surface area contributed by atoms with Gasteiger partial charge in [-0.3, -0.25) is 9.59 Å². The molecule has 0 saturated carbocycles. The van der Waals surface area contributed by atoms with Crippen LogP contribution in [0.5, 0.6) is 5.75 Å². The molecule has 150 valence electrons. The smallest absolute Gasteiger partial charge is 0.422 e. The molecule has 6 nitrogen and oxygen atoms in total. The maximum absolute atomic E-state index is 12.4. The van der Waals surface area contributed by atoms with Crippen molar-refractivity contribution in [1.29, 1.82) is 0 Å². The number of hydrogen-bond acceptors (Lipinski definition) is 5. The van der Waals surface area contributed by atoms with Crippen LogP contribution in [-0.2, 0) is 14.9 Å². The number of ether oxygens (including phenoxy) is 2. The van der Waals surface area contributed by atoms with E-state index in [0.29, 0.717) is 11.3 Å². The highest BCUT2D eigenvalue weighted by molar-refractivity contribution is 6.04. The molecule has 0 saturated heterocycles. The van der Waals surface area contributed by atoms with Gasteiger partial charge in [-0.2, -0.15) is 13.2 Å². The number of amides is 1. The summed E-state index contributed by atoms with van der Waals surface area (Å²) in [5.41, 5.74) is -0.103. The molecule has 0 aliphatic carbocycles. The standard InChI is InChI=1S/C19H19F3N2O4/c1-18(2,17(26)27-3)12-6-8-13(9-7-12)24-16(25)15-14(5-4-10-23-15)28-11-19(20,21)22/h4-10H,11H2,1-3H3,(H,24,25). The number of alkyl halides is 3. The molecule has 1 heterocycles. The molecule has 0 fully saturated rings. The minimum absolute atomic E-state index is 0.272. The van der Waals surface area contributed by atoms with Gasteiger partial charge in [-0.1, -0.05) is 12.1 Å². The van der Waals surface area contributed by atoms with E-state index >= 15 is 0 Å². The maximum atomic E-state index is 12.4. The molecule has 2 aromatic rings. The molecule has 0 bridgehead atoms. The van der Waals surface area contributed by atoms with Crippen molar-refractivity contribution in [2.75, 3.05) is 19.0 Å². The number of halogens is 3. The van der Waals surface area contributed by atoms with Crippen LogP contribution in [0.1, 0.15) is 29.9 Å². The van der Waals surface area contributed by atoms with E-state index in [1.807, 2.05) is 0 Å². The number of hydrogen-bond donors (Lipinski definition) is 1. The number of esters is 1. The van der Waals surface area contributed by atoms with Crippen molar-refractivity contribution in [2.45, 2.75) is 25.4 Å². The lowest BCUT2D eigenvalue weighted by Crippen LogP contribution is -2.30. The number of benzene rings is 1. The van der Waals surface area contributed by atoms with E-state index in [4.69, 9.17) is 4.74 Å². The number of anilines is 1. The molecular weight excluding hydrogens is 377 g/mol. The third-order valence-corrected chi connectivity index (χ3v) is 3.94. The van der Waals surface area contributed by atoms with Gasteiger partial charge >= 0.3 is 12.1 Å². The Hall–Kier alpha value is -3.10. The number of nitrogens with one attached hydrogen (secondary N) is 1. The Morgan fingerprint density at radius 1 is 1.11 bits per heavy atom. The van der Waals surface area contributed by atoms with Gasteiger partial charge in [-0.25, -0.2) is 4.98 Å². The molecule has 1 aromatic heterocycles. The summed E-state index contributed by atoms with van der Waals surface area (Å²) < 4.78 is 46.5. The molecule has 0 spiro atoms. The van der Waals surface area contributed by atoms with Crippen LogP contribution in [0.2, 0.25) is 0 Å². The zero-order valence-electron chi connectivity index (χ0n) is 15.5. The molecule has 0 atom stereocenters. The van der Waals surface area contributed by atoms with Crippen molar-refractivity contribution < 1.29 is 32.2 Å². The topological polar surface area (TPSA) is 77.5 Å². The van der Waals surface area contributed by atoms with E-state index < -0.39 is 30.1 Å². The fourth-order valence-corrected chi connectivity index (χ4v) is 2.37. The summed E-state index contributed by atoms with van der Waals surface area (Å²) in [6.07, 6.45) is -3.26. The van der Waals surface area contributed by atoms with Crippen molar-refractivity contribution in [3.8, 4) is 5.75 Å². The summed E-state index contributed by atoms with van der Waals surface area (Å²) in [5.74, 6) is -1.41.